The van der Waals surface area contributed by atoms with Crippen molar-refractivity contribution in [1.29, 1.82) is 0 Å². The Kier molecular flexibility index (Phi) is 3.10. The lowest BCUT2D eigenvalue weighted by Crippen LogP contribution is -2.42. The van der Waals surface area contributed by atoms with Gasteiger partial charge < -0.3 is 15.4 Å². The third kappa shape index (κ3) is 2.67. The van der Waals surface area contributed by atoms with Crippen molar-refractivity contribution in [1.82, 2.24) is 10.6 Å². The second kappa shape index (κ2) is 4.24. The van der Waals surface area contributed by atoms with Gasteiger partial charge in [0, 0.05) is 12.6 Å². The number of alkyl carbamates (subject to hydrolysis) is 1. The van der Waals surface area contributed by atoms with Crippen molar-refractivity contribution < 1.29 is 9.53 Å². The summed E-state index contributed by atoms with van der Waals surface area (Å²) < 4.78 is 5.28. The molecule has 0 aromatic carbocycles. The Hall–Kier alpha value is -0.770. The summed E-state index contributed by atoms with van der Waals surface area (Å²) in [4.78, 5) is 11.6. The zero-order chi connectivity index (χ0) is 11.8. The van der Waals surface area contributed by atoms with Crippen LogP contribution in [-0.2, 0) is 4.74 Å². The first-order valence-electron chi connectivity index (χ1n) is 6.16. The number of nitrogens with one attached hydrogen (secondary N) is 2. The molecule has 1 aliphatic carbocycles. The van der Waals surface area contributed by atoms with Crippen LogP contribution in [0.15, 0.2) is 0 Å². The van der Waals surface area contributed by atoms with Gasteiger partial charge in [-0.05, 0) is 52.0 Å². The summed E-state index contributed by atoms with van der Waals surface area (Å²) in [6, 6.07) is 0.301. The molecule has 2 N–H and O–H groups in total. The van der Waals surface area contributed by atoms with Crippen LogP contribution in [0.2, 0.25) is 0 Å². The molecule has 0 bridgehead atoms. The second-order valence-electron chi connectivity index (χ2n) is 5.91. The van der Waals surface area contributed by atoms with Gasteiger partial charge in [0.2, 0.25) is 0 Å². The van der Waals surface area contributed by atoms with E-state index >= 15 is 0 Å². The van der Waals surface area contributed by atoms with E-state index in [2.05, 4.69) is 10.6 Å². The normalized spacial score (nSPS) is 33.6. The van der Waals surface area contributed by atoms with Crippen LogP contribution in [0, 0.1) is 11.8 Å². The fraction of sp³-hybridized carbons (Fsp3) is 0.917. The Balaban J connectivity index is 1.83. The van der Waals surface area contributed by atoms with Crippen molar-refractivity contribution in [2.24, 2.45) is 11.8 Å². The van der Waals surface area contributed by atoms with Gasteiger partial charge in [-0.3, -0.25) is 0 Å². The van der Waals surface area contributed by atoms with Crippen molar-refractivity contribution >= 4 is 6.09 Å². The van der Waals surface area contributed by atoms with Crippen LogP contribution in [0.5, 0.6) is 0 Å². The van der Waals surface area contributed by atoms with Gasteiger partial charge in [0.15, 0.2) is 0 Å². The highest BCUT2D eigenvalue weighted by molar-refractivity contribution is 5.68. The van der Waals surface area contributed by atoms with Gasteiger partial charge in [0.25, 0.3) is 0 Å². The summed E-state index contributed by atoms with van der Waals surface area (Å²) >= 11 is 0. The zero-order valence-electron chi connectivity index (χ0n) is 10.4. The van der Waals surface area contributed by atoms with E-state index < -0.39 is 5.60 Å². The van der Waals surface area contributed by atoms with E-state index in [-0.39, 0.29) is 6.09 Å². The van der Waals surface area contributed by atoms with E-state index in [0.717, 1.165) is 25.4 Å². The Morgan fingerprint density at radius 2 is 2.06 bits per heavy atom. The molecular weight excluding hydrogens is 204 g/mol. The quantitative estimate of drug-likeness (QED) is 0.712. The Morgan fingerprint density at radius 3 is 2.75 bits per heavy atom. The second-order valence-corrected chi connectivity index (χ2v) is 5.91. The lowest BCUT2D eigenvalue weighted by atomic mass is 9.98. The molecule has 1 aliphatic heterocycles. The molecule has 0 unspecified atom stereocenters. The minimum atomic E-state index is -0.407. The molecule has 0 radical (unpaired) electrons. The van der Waals surface area contributed by atoms with E-state index in [4.69, 9.17) is 4.74 Å². The molecule has 2 fully saturated rings. The molecule has 0 spiro atoms. The van der Waals surface area contributed by atoms with Crippen LogP contribution < -0.4 is 10.6 Å². The fourth-order valence-corrected chi connectivity index (χ4v) is 2.79. The molecular formula is C12H22N2O2. The predicted octanol–water partition coefficient (Wildman–Crippen LogP) is 1.51. The van der Waals surface area contributed by atoms with E-state index in [1.165, 1.54) is 6.42 Å². The number of ether oxygens (including phenoxy) is 1. The van der Waals surface area contributed by atoms with Crippen LogP contribution in [0.3, 0.4) is 0 Å². The number of amides is 1. The highest BCUT2D eigenvalue weighted by Gasteiger charge is 2.40. The SMILES string of the molecule is CC(C)(C)OC(=O)N[C@@H]1CC[C@@H]2CNC[C@@H]21. The summed E-state index contributed by atoms with van der Waals surface area (Å²) in [6.45, 7) is 7.81. The van der Waals surface area contributed by atoms with E-state index in [1.54, 1.807) is 0 Å². The van der Waals surface area contributed by atoms with Gasteiger partial charge in [-0.1, -0.05) is 0 Å². The maximum Gasteiger partial charge on any atom is 0.407 e. The molecule has 0 aromatic rings. The van der Waals surface area contributed by atoms with Crippen molar-refractivity contribution in [3.63, 3.8) is 0 Å². The Labute approximate surface area is 97.1 Å². The predicted molar refractivity (Wildman–Crippen MR) is 62.2 cm³/mol. The summed E-state index contributed by atoms with van der Waals surface area (Å²) in [7, 11) is 0. The summed E-state index contributed by atoms with van der Waals surface area (Å²) in [5, 5.41) is 6.39. The molecule has 16 heavy (non-hydrogen) atoms. The van der Waals surface area contributed by atoms with Crippen LogP contribution in [-0.4, -0.2) is 30.8 Å². The van der Waals surface area contributed by atoms with Gasteiger partial charge >= 0.3 is 6.09 Å². The Bertz CT molecular complexity index is 273. The summed E-state index contributed by atoms with van der Waals surface area (Å²) in [5.74, 6) is 1.35. The standard InChI is InChI=1S/C12H22N2O2/c1-12(2,3)16-11(15)14-10-5-4-8-6-13-7-9(8)10/h8-10,13H,4-7H2,1-3H3,(H,14,15)/t8-,9+,10-/m1/s1. The van der Waals surface area contributed by atoms with Crippen LogP contribution in [0.4, 0.5) is 4.79 Å². The minimum absolute atomic E-state index is 0.273. The van der Waals surface area contributed by atoms with Gasteiger partial charge in [-0.15, -0.1) is 0 Å². The van der Waals surface area contributed by atoms with E-state index in [0.29, 0.717) is 12.0 Å². The number of hydrogen-bond donors (Lipinski definition) is 2. The van der Waals surface area contributed by atoms with Gasteiger partial charge in [0.05, 0.1) is 0 Å². The first kappa shape index (κ1) is 11.7. The van der Waals surface area contributed by atoms with Crippen molar-refractivity contribution in [2.45, 2.75) is 45.3 Å². The van der Waals surface area contributed by atoms with Crippen LogP contribution in [0.25, 0.3) is 0 Å². The maximum atomic E-state index is 11.6. The van der Waals surface area contributed by atoms with Crippen molar-refractivity contribution in [3.8, 4) is 0 Å². The van der Waals surface area contributed by atoms with Crippen LogP contribution >= 0.6 is 0 Å². The van der Waals surface area contributed by atoms with Crippen molar-refractivity contribution in [3.05, 3.63) is 0 Å². The largest absolute Gasteiger partial charge is 0.444 e. The number of carbonyl (C=O) groups is 1. The third-order valence-electron chi connectivity index (χ3n) is 3.46. The summed E-state index contributed by atoms with van der Waals surface area (Å²) in [6.07, 6.45) is 2.04. The topological polar surface area (TPSA) is 50.4 Å². The van der Waals surface area contributed by atoms with Crippen LogP contribution in [0.1, 0.15) is 33.6 Å². The molecule has 2 aliphatic rings. The molecule has 3 atom stereocenters. The average Bonchev–Trinajstić information content (AvgIpc) is 2.66. The average molecular weight is 226 g/mol. The highest BCUT2D eigenvalue weighted by Crippen LogP contribution is 2.34. The van der Waals surface area contributed by atoms with Gasteiger partial charge in [-0.25, -0.2) is 4.79 Å². The molecule has 0 aromatic heterocycles. The lowest BCUT2D eigenvalue weighted by Gasteiger charge is -2.24. The zero-order valence-corrected chi connectivity index (χ0v) is 10.4. The minimum Gasteiger partial charge on any atom is -0.444 e. The van der Waals surface area contributed by atoms with Crippen molar-refractivity contribution in [2.75, 3.05) is 13.1 Å². The smallest absolute Gasteiger partial charge is 0.407 e. The molecule has 92 valence electrons. The number of hydrogen-bond acceptors (Lipinski definition) is 3. The van der Waals surface area contributed by atoms with Gasteiger partial charge in [0.1, 0.15) is 5.60 Å². The molecule has 1 heterocycles. The molecule has 4 nitrogen and oxygen atoms in total. The number of carbonyl (C=O) groups excluding carboxylic acids is 1. The lowest BCUT2D eigenvalue weighted by molar-refractivity contribution is 0.0493. The Morgan fingerprint density at radius 1 is 1.31 bits per heavy atom. The molecule has 1 saturated carbocycles. The molecule has 1 amide bonds. The van der Waals surface area contributed by atoms with Gasteiger partial charge in [-0.2, -0.15) is 0 Å². The number of rotatable bonds is 1. The fourth-order valence-electron chi connectivity index (χ4n) is 2.79. The van der Waals surface area contributed by atoms with E-state index in [1.807, 2.05) is 20.8 Å². The van der Waals surface area contributed by atoms with E-state index in [9.17, 15) is 4.79 Å². The first-order chi connectivity index (χ1) is 7.46. The molecule has 1 saturated heterocycles. The molecule has 4 heteroatoms. The maximum absolute atomic E-state index is 11.6. The first-order valence-corrected chi connectivity index (χ1v) is 6.16. The number of fused-ring (bicyclic) bond motifs is 1. The monoisotopic (exact) mass is 226 g/mol. The highest BCUT2D eigenvalue weighted by atomic mass is 16.6. The third-order valence-corrected chi connectivity index (χ3v) is 3.46. The molecule has 2 rings (SSSR count). The summed E-state index contributed by atoms with van der Waals surface area (Å²) in [5.41, 5.74) is -0.407.